The number of nitrogens with one attached hydrogen (secondary N) is 1. The van der Waals surface area contributed by atoms with E-state index in [0.29, 0.717) is 11.4 Å². The number of aromatic nitrogens is 2. The maximum absolute atomic E-state index is 12.8. The van der Waals surface area contributed by atoms with Gasteiger partial charge in [0, 0.05) is 16.1 Å². The standard InChI is InChI=1S/C15H16BrN3O/c1-15(7-8-15)18-14-17-12-10(3-2-4-11(12)16)13(20)19(14)9-5-6-9/h2-4,9H,5-8H2,1H3,(H,17,18). The van der Waals surface area contributed by atoms with Crippen LogP contribution in [0.15, 0.2) is 27.5 Å². The van der Waals surface area contributed by atoms with Crippen LogP contribution in [-0.4, -0.2) is 15.1 Å². The van der Waals surface area contributed by atoms with Crippen molar-refractivity contribution in [1.29, 1.82) is 0 Å². The largest absolute Gasteiger partial charge is 0.350 e. The number of rotatable bonds is 3. The van der Waals surface area contributed by atoms with Gasteiger partial charge >= 0.3 is 0 Å². The van der Waals surface area contributed by atoms with E-state index in [9.17, 15) is 4.79 Å². The van der Waals surface area contributed by atoms with Gasteiger partial charge in [0.1, 0.15) is 0 Å². The molecule has 0 unspecified atom stereocenters. The van der Waals surface area contributed by atoms with Crippen LogP contribution in [0.1, 0.15) is 38.6 Å². The third-order valence-electron chi connectivity index (χ3n) is 4.21. The molecule has 2 aliphatic carbocycles. The van der Waals surface area contributed by atoms with E-state index in [1.165, 1.54) is 0 Å². The molecule has 4 nitrogen and oxygen atoms in total. The van der Waals surface area contributed by atoms with Crippen molar-refractivity contribution in [2.45, 2.75) is 44.2 Å². The van der Waals surface area contributed by atoms with Gasteiger partial charge in [0.25, 0.3) is 5.56 Å². The molecule has 0 bridgehead atoms. The van der Waals surface area contributed by atoms with E-state index in [1.807, 2.05) is 22.8 Å². The van der Waals surface area contributed by atoms with Crippen LogP contribution in [0.25, 0.3) is 10.9 Å². The van der Waals surface area contributed by atoms with Crippen molar-refractivity contribution < 1.29 is 0 Å². The Morgan fingerprint density at radius 3 is 2.80 bits per heavy atom. The summed E-state index contributed by atoms with van der Waals surface area (Å²) in [4.78, 5) is 17.5. The van der Waals surface area contributed by atoms with Crippen molar-refractivity contribution >= 4 is 32.8 Å². The molecule has 1 heterocycles. The zero-order chi connectivity index (χ0) is 13.9. The van der Waals surface area contributed by atoms with Gasteiger partial charge in [-0.05, 0) is 60.7 Å². The van der Waals surface area contributed by atoms with Gasteiger partial charge in [-0.2, -0.15) is 0 Å². The van der Waals surface area contributed by atoms with Crippen molar-refractivity contribution in [3.05, 3.63) is 33.0 Å². The smallest absolute Gasteiger partial charge is 0.263 e. The highest BCUT2D eigenvalue weighted by atomic mass is 79.9. The summed E-state index contributed by atoms with van der Waals surface area (Å²) in [5, 5.41) is 4.17. The fraction of sp³-hybridized carbons (Fsp3) is 0.467. The van der Waals surface area contributed by atoms with Crippen LogP contribution in [0, 0.1) is 0 Å². The molecular formula is C15H16BrN3O. The van der Waals surface area contributed by atoms with Gasteiger partial charge in [-0.3, -0.25) is 9.36 Å². The molecule has 2 aliphatic rings. The van der Waals surface area contributed by atoms with Crippen molar-refractivity contribution in [3.63, 3.8) is 0 Å². The monoisotopic (exact) mass is 333 g/mol. The highest BCUT2D eigenvalue weighted by molar-refractivity contribution is 9.10. The topological polar surface area (TPSA) is 46.9 Å². The van der Waals surface area contributed by atoms with Gasteiger partial charge in [-0.25, -0.2) is 4.98 Å². The molecule has 20 heavy (non-hydrogen) atoms. The number of hydrogen-bond acceptors (Lipinski definition) is 3. The molecule has 104 valence electrons. The minimum Gasteiger partial charge on any atom is -0.350 e. The Balaban J connectivity index is 1.97. The van der Waals surface area contributed by atoms with Crippen LogP contribution in [0.5, 0.6) is 0 Å². The lowest BCUT2D eigenvalue weighted by Crippen LogP contribution is -2.28. The molecule has 4 rings (SSSR count). The number of fused-ring (bicyclic) bond motifs is 1. The van der Waals surface area contributed by atoms with Crippen molar-refractivity contribution in [2.24, 2.45) is 0 Å². The second-order valence-electron chi connectivity index (χ2n) is 6.16. The lowest BCUT2D eigenvalue weighted by Gasteiger charge is -2.18. The number of anilines is 1. The first-order chi connectivity index (χ1) is 9.57. The molecule has 2 fully saturated rings. The Hall–Kier alpha value is -1.36. The molecular weight excluding hydrogens is 318 g/mol. The molecule has 0 radical (unpaired) electrons. The van der Waals surface area contributed by atoms with Gasteiger partial charge in [0.05, 0.1) is 10.9 Å². The van der Waals surface area contributed by atoms with E-state index < -0.39 is 0 Å². The van der Waals surface area contributed by atoms with Crippen LogP contribution in [-0.2, 0) is 0 Å². The molecule has 1 aromatic carbocycles. The van der Waals surface area contributed by atoms with E-state index in [-0.39, 0.29) is 11.1 Å². The van der Waals surface area contributed by atoms with E-state index in [1.54, 1.807) is 0 Å². The molecule has 0 amide bonds. The molecule has 5 heteroatoms. The third kappa shape index (κ3) is 1.95. The van der Waals surface area contributed by atoms with E-state index in [4.69, 9.17) is 4.98 Å². The van der Waals surface area contributed by atoms with Gasteiger partial charge in [0.2, 0.25) is 5.95 Å². The SMILES string of the molecule is CC1(Nc2nc3c(Br)cccc3c(=O)n2C2CC2)CC1. The lowest BCUT2D eigenvalue weighted by atomic mass is 10.2. The van der Waals surface area contributed by atoms with Gasteiger partial charge < -0.3 is 5.32 Å². The number of hydrogen-bond donors (Lipinski definition) is 1. The molecule has 1 aromatic heterocycles. The summed E-state index contributed by atoms with van der Waals surface area (Å²) in [5.41, 5.74) is 0.942. The summed E-state index contributed by atoms with van der Waals surface area (Å²) in [6.45, 7) is 2.18. The fourth-order valence-corrected chi connectivity index (χ4v) is 2.98. The number of halogens is 1. The zero-order valence-corrected chi connectivity index (χ0v) is 12.9. The maximum Gasteiger partial charge on any atom is 0.263 e. The summed E-state index contributed by atoms with van der Waals surface area (Å²) in [5.74, 6) is 0.733. The molecule has 0 spiro atoms. The molecule has 1 N–H and O–H groups in total. The van der Waals surface area contributed by atoms with Crippen LogP contribution in [0.4, 0.5) is 5.95 Å². The summed E-state index contributed by atoms with van der Waals surface area (Å²) < 4.78 is 2.73. The van der Waals surface area contributed by atoms with Crippen molar-refractivity contribution in [3.8, 4) is 0 Å². The predicted octanol–water partition coefficient (Wildman–Crippen LogP) is 3.46. The van der Waals surface area contributed by atoms with E-state index in [0.717, 1.165) is 41.6 Å². The highest BCUT2D eigenvalue weighted by Crippen LogP contribution is 2.41. The average molecular weight is 334 g/mol. The Morgan fingerprint density at radius 2 is 2.15 bits per heavy atom. The lowest BCUT2D eigenvalue weighted by molar-refractivity contribution is 0.682. The van der Waals surface area contributed by atoms with Crippen molar-refractivity contribution in [1.82, 2.24) is 9.55 Å². The van der Waals surface area contributed by atoms with Gasteiger partial charge in [-0.1, -0.05) is 6.07 Å². The summed E-state index contributed by atoms with van der Waals surface area (Å²) in [6, 6.07) is 6.00. The van der Waals surface area contributed by atoms with Crippen LogP contribution in [0.2, 0.25) is 0 Å². The Bertz CT molecular complexity index is 760. The summed E-state index contributed by atoms with van der Waals surface area (Å²) >= 11 is 3.50. The van der Waals surface area contributed by atoms with Gasteiger partial charge in [0.15, 0.2) is 0 Å². The molecule has 0 saturated heterocycles. The highest BCUT2D eigenvalue weighted by Gasteiger charge is 2.39. The Kier molecular flexibility index (Phi) is 2.52. The molecule has 0 aliphatic heterocycles. The number of benzene rings is 1. The first kappa shape index (κ1) is 12.4. The third-order valence-corrected chi connectivity index (χ3v) is 4.85. The van der Waals surface area contributed by atoms with Crippen LogP contribution >= 0.6 is 15.9 Å². The summed E-state index contributed by atoms with van der Waals surface area (Å²) in [6.07, 6.45) is 4.43. The quantitative estimate of drug-likeness (QED) is 0.935. The number of nitrogens with zero attached hydrogens (tertiary/aromatic N) is 2. The molecule has 2 aromatic rings. The molecule has 0 atom stereocenters. The summed E-state index contributed by atoms with van der Waals surface area (Å²) in [7, 11) is 0. The second-order valence-corrected chi connectivity index (χ2v) is 7.02. The Labute approximate surface area is 125 Å². The van der Waals surface area contributed by atoms with E-state index in [2.05, 4.69) is 28.2 Å². The number of para-hydroxylation sites is 1. The molecule has 2 saturated carbocycles. The van der Waals surface area contributed by atoms with Crippen LogP contribution in [0.3, 0.4) is 0 Å². The first-order valence-electron chi connectivity index (χ1n) is 7.06. The van der Waals surface area contributed by atoms with E-state index >= 15 is 0 Å². The minimum atomic E-state index is 0.0746. The fourth-order valence-electron chi connectivity index (χ4n) is 2.53. The minimum absolute atomic E-state index is 0.0746. The maximum atomic E-state index is 12.8. The average Bonchev–Trinajstić information content (AvgIpc) is 3.30. The van der Waals surface area contributed by atoms with Crippen molar-refractivity contribution in [2.75, 3.05) is 5.32 Å². The van der Waals surface area contributed by atoms with Crippen LogP contribution < -0.4 is 10.9 Å². The normalized spacial score (nSPS) is 20.1. The van der Waals surface area contributed by atoms with Gasteiger partial charge in [-0.15, -0.1) is 0 Å². The Morgan fingerprint density at radius 1 is 1.40 bits per heavy atom. The first-order valence-corrected chi connectivity index (χ1v) is 7.86. The second kappa shape index (κ2) is 4.07. The predicted molar refractivity (Wildman–Crippen MR) is 83.2 cm³/mol. The zero-order valence-electron chi connectivity index (χ0n) is 11.3.